The van der Waals surface area contributed by atoms with E-state index in [0.29, 0.717) is 6.04 Å². The molecule has 0 radical (unpaired) electrons. The van der Waals surface area contributed by atoms with Crippen LogP contribution >= 0.6 is 0 Å². The van der Waals surface area contributed by atoms with E-state index in [2.05, 4.69) is 6.92 Å². The van der Waals surface area contributed by atoms with Gasteiger partial charge in [0.15, 0.2) is 0 Å². The molecule has 5 nitrogen and oxygen atoms in total. The second-order valence-electron chi connectivity index (χ2n) is 6.40. The highest BCUT2D eigenvalue weighted by molar-refractivity contribution is 5.74. The fraction of sp³-hybridized carbons (Fsp3) is 0.867. The zero-order chi connectivity index (χ0) is 14.7. The van der Waals surface area contributed by atoms with Crippen molar-refractivity contribution in [2.45, 2.75) is 64.5 Å². The zero-order valence-corrected chi connectivity index (χ0v) is 12.7. The molecular formula is C15H27N3O2. The van der Waals surface area contributed by atoms with Crippen LogP contribution in [0.25, 0.3) is 0 Å². The molecule has 1 aliphatic carbocycles. The summed E-state index contributed by atoms with van der Waals surface area (Å²) in [7, 11) is 0. The van der Waals surface area contributed by atoms with E-state index in [1.807, 2.05) is 9.80 Å². The van der Waals surface area contributed by atoms with E-state index in [-0.39, 0.29) is 18.0 Å². The molecule has 2 rings (SSSR count). The molecular weight excluding hydrogens is 254 g/mol. The van der Waals surface area contributed by atoms with Gasteiger partial charge in [0.25, 0.3) is 0 Å². The number of primary amides is 1. The van der Waals surface area contributed by atoms with Gasteiger partial charge in [-0.25, -0.2) is 4.79 Å². The molecule has 0 atom stereocenters. The molecule has 3 amide bonds. The second-order valence-corrected chi connectivity index (χ2v) is 6.40. The van der Waals surface area contributed by atoms with Crippen LogP contribution in [0, 0.1) is 5.92 Å². The molecule has 0 unspecified atom stereocenters. The molecule has 0 aromatic rings. The minimum Gasteiger partial charge on any atom is -0.351 e. The van der Waals surface area contributed by atoms with Crippen molar-refractivity contribution in [1.82, 2.24) is 9.80 Å². The summed E-state index contributed by atoms with van der Waals surface area (Å²) in [5, 5.41) is 0. The lowest BCUT2D eigenvalue weighted by Gasteiger charge is -2.43. The normalized spacial score (nSPS) is 28.2. The van der Waals surface area contributed by atoms with Gasteiger partial charge < -0.3 is 15.5 Å². The number of hydrogen-bond acceptors (Lipinski definition) is 2. The minimum atomic E-state index is -0.286. The number of rotatable bonds is 2. The van der Waals surface area contributed by atoms with Gasteiger partial charge >= 0.3 is 6.03 Å². The largest absolute Gasteiger partial charge is 0.351 e. The number of hydrogen-bond donors (Lipinski definition) is 1. The molecule has 2 aliphatic rings. The molecule has 0 spiro atoms. The van der Waals surface area contributed by atoms with Gasteiger partial charge in [0.2, 0.25) is 5.91 Å². The summed E-state index contributed by atoms with van der Waals surface area (Å²) < 4.78 is 0. The summed E-state index contributed by atoms with van der Waals surface area (Å²) in [6, 6.07) is 0.227. The predicted octanol–water partition coefficient (Wildman–Crippen LogP) is 1.96. The molecule has 1 heterocycles. The smallest absolute Gasteiger partial charge is 0.315 e. The Morgan fingerprint density at radius 1 is 1.00 bits per heavy atom. The number of amides is 3. The first-order chi connectivity index (χ1) is 9.49. The van der Waals surface area contributed by atoms with Crippen molar-refractivity contribution in [3.63, 3.8) is 0 Å². The Hall–Kier alpha value is -1.26. The van der Waals surface area contributed by atoms with Gasteiger partial charge in [-0.2, -0.15) is 0 Å². The number of likely N-dealkylation sites (tertiary alicyclic amines) is 1. The Labute approximate surface area is 121 Å². The van der Waals surface area contributed by atoms with Crippen molar-refractivity contribution in [3.05, 3.63) is 0 Å². The van der Waals surface area contributed by atoms with E-state index in [1.54, 1.807) is 6.92 Å². The number of piperidine rings is 1. The van der Waals surface area contributed by atoms with Crippen LogP contribution in [0.1, 0.15) is 52.4 Å². The number of nitrogens with two attached hydrogens (primary N) is 1. The van der Waals surface area contributed by atoms with Crippen LogP contribution < -0.4 is 5.73 Å². The number of nitrogens with zero attached hydrogens (tertiary/aromatic N) is 2. The van der Waals surface area contributed by atoms with Crippen molar-refractivity contribution >= 4 is 11.9 Å². The maximum absolute atomic E-state index is 11.9. The molecule has 1 saturated carbocycles. The van der Waals surface area contributed by atoms with E-state index in [1.165, 1.54) is 12.8 Å². The Morgan fingerprint density at radius 3 is 1.95 bits per heavy atom. The van der Waals surface area contributed by atoms with Crippen molar-refractivity contribution in [2.24, 2.45) is 11.7 Å². The van der Waals surface area contributed by atoms with E-state index in [9.17, 15) is 9.59 Å². The van der Waals surface area contributed by atoms with Gasteiger partial charge in [-0.15, -0.1) is 0 Å². The van der Waals surface area contributed by atoms with Crippen LogP contribution in [0.3, 0.4) is 0 Å². The van der Waals surface area contributed by atoms with E-state index < -0.39 is 0 Å². The third kappa shape index (κ3) is 3.44. The molecule has 0 aromatic carbocycles. The van der Waals surface area contributed by atoms with Crippen molar-refractivity contribution in [1.29, 1.82) is 0 Å². The molecule has 2 N–H and O–H groups in total. The molecule has 1 aliphatic heterocycles. The molecule has 114 valence electrons. The topological polar surface area (TPSA) is 66.6 Å². The Morgan fingerprint density at radius 2 is 1.50 bits per heavy atom. The monoisotopic (exact) mass is 281 g/mol. The van der Waals surface area contributed by atoms with Crippen LogP contribution in [0.15, 0.2) is 0 Å². The second kappa shape index (κ2) is 6.46. The summed E-state index contributed by atoms with van der Waals surface area (Å²) in [4.78, 5) is 27.0. The summed E-state index contributed by atoms with van der Waals surface area (Å²) in [6.07, 6.45) is 6.21. The summed E-state index contributed by atoms with van der Waals surface area (Å²) >= 11 is 0. The van der Waals surface area contributed by atoms with Crippen LogP contribution in [0.2, 0.25) is 0 Å². The summed E-state index contributed by atoms with van der Waals surface area (Å²) in [5.41, 5.74) is 5.63. The standard InChI is InChI=1S/C15H27N3O2/c1-11-3-5-13(6-4-11)18(15(16)20)14-7-9-17(10-8-14)12(2)19/h11,13-14H,3-10H2,1-2H3,(H2,16,20). The first-order valence-electron chi connectivity index (χ1n) is 7.82. The van der Waals surface area contributed by atoms with Gasteiger partial charge in [0.05, 0.1) is 0 Å². The van der Waals surface area contributed by atoms with Crippen LogP contribution in [0.5, 0.6) is 0 Å². The summed E-state index contributed by atoms with van der Waals surface area (Å²) in [5.74, 6) is 0.890. The minimum absolute atomic E-state index is 0.126. The average Bonchev–Trinajstić information content (AvgIpc) is 2.41. The molecule has 20 heavy (non-hydrogen) atoms. The first kappa shape index (κ1) is 15.1. The number of carbonyl (C=O) groups is 2. The van der Waals surface area contributed by atoms with Crippen molar-refractivity contribution in [2.75, 3.05) is 13.1 Å². The zero-order valence-electron chi connectivity index (χ0n) is 12.7. The summed E-state index contributed by atoms with van der Waals surface area (Å²) in [6.45, 7) is 5.37. The van der Waals surface area contributed by atoms with E-state index in [0.717, 1.165) is 44.7 Å². The van der Waals surface area contributed by atoms with Crippen molar-refractivity contribution < 1.29 is 9.59 Å². The van der Waals surface area contributed by atoms with Gasteiger partial charge in [-0.3, -0.25) is 4.79 Å². The predicted molar refractivity (Wildman–Crippen MR) is 78.1 cm³/mol. The lowest BCUT2D eigenvalue weighted by molar-refractivity contribution is -0.130. The average molecular weight is 281 g/mol. The Kier molecular flexibility index (Phi) is 4.89. The molecule has 2 fully saturated rings. The quantitative estimate of drug-likeness (QED) is 0.840. The van der Waals surface area contributed by atoms with Crippen molar-refractivity contribution in [3.8, 4) is 0 Å². The highest BCUT2D eigenvalue weighted by atomic mass is 16.2. The highest BCUT2D eigenvalue weighted by Gasteiger charge is 2.34. The first-order valence-corrected chi connectivity index (χ1v) is 7.82. The maximum Gasteiger partial charge on any atom is 0.315 e. The van der Waals surface area contributed by atoms with Gasteiger partial charge in [-0.05, 0) is 44.4 Å². The van der Waals surface area contributed by atoms with Crippen LogP contribution in [-0.4, -0.2) is 46.9 Å². The highest BCUT2D eigenvalue weighted by Crippen LogP contribution is 2.30. The van der Waals surface area contributed by atoms with E-state index >= 15 is 0 Å². The number of urea groups is 1. The van der Waals surface area contributed by atoms with E-state index in [4.69, 9.17) is 5.73 Å². The number of carbonyl (C=O) groups excluding carboxylic acids is 2. The SMILES string of the molecule is CC(=O)N1CCC(N(C(N)=O)C2CCC(C)CC2)CC1. The fourth-order valence-corrected chi connectivity index (χ4v) is 3.64. The third-order valence-electron chi connectivity index (χ3n) is 4.94. The van der Waals surface area contributed by atoms with Gasteiger partial charge in [-0.1, -0.05) is 6.92 Å². The Bertz CT molecular complexity index is 356. The van der Waals surface area contributed by atoms with Crippen LogP contribution in [0.4, 0.5) is 4.79 Å². The third-order valence-corrected chi connectivity index (χ3v) is 4.94. The Balaban J connectivity index is 1.96. The lowest BCUT2D eigenvalue weighted by atomic mass is 9.85. The molecule has 1 saturated heterocycles. The van der Waals surface area contributed by atoms with Gasteiger partial charge in [0.1, 0.15) is 0 Å². The molecule has 5 heteroatoms. The van der Waals surface area contributed by atoms with Gasteiger partial charge in [0, 0.05) is 32.1 Å². The molecule has 0 aromatic heterocycles. The maximum atomic E-state index is 11.9. The lowest BCUT2D eigenvalue weighted by Crippen LogP contribution is -2.54. The van der Waals surface area contributed by atoms with Crippen LogP contribution in [-0.2, 0) is 4.79 Å². The fourth-order valence-electron chi connectivity index (χ4n) is 3.64. The molecule has 0 bridgehead atoms.